The van der Waals surface area contributed by atoms with E-state index in [1.165, 1.54) is 19.1 Å². The molecule has 1 aliphatic heterocycles. The molecule has 23 heavy (non-hydrogen) atoms. The first-order chi connectivity index (χ1) is 10.8. The Labute approximate surface area is 135 Å². The van der Waals surface area contributed by atoms with E-state index in [9.17, 15) is 24.0 Å². The van der Waals surface area contributed by atoms with Crippen molar-refractivity contribution in [1.29, 1.82) is 0 Å². The average molecular weight is 322 g/mol. The third kappa shape index (κ3) is 6.14. The number of hydrogen-bond acceptors (Lipinski definition) is 5. The van der Waals surface area contributed by atoms with Gasteiger partial charge in [0.15, 0.2) is 0 Å². The van der Waals surface area contributed by atoms with E-state index in [1.54, 1.807) is 6.92 Å². The summed E-state index contributed by atoms with van der Waals surface area (Å²) in [5.41, 5.74) is 0. The Morgan fingerprint density at radius 3 is 2.26 bits per heavy atom. The van der Waals surface area contributed by atoms with Gasteiger partial charge in [0.05, 0.1) is 0 Å². The molecule has 4 amide bonds. The number of hydrogen-bond donors (Lipinski definition) is 1. The number of unbranched alkanes of at least 4 members (excludes halogenated alkanes) is 1. The van der Waals surface area contributed by atoms with Crippen LogP contribution >= 0.6 is 0 Å². The fraction of sp³-hybridized carbons (Fsp3) is 0.562. The normalized spacial score (nSPS) is 15.0. The molecule has 0 saturated carbocycles. The number of rotatable bonds is 9. The Hall–Kier alpha value is -2.31. The lowest BCUT2D eigenvalue weighted by atomic mass is 9.94. The van der Waals surface area contributed by atoms with Gasteiger partial charge in [0.25, 0.3) is 11.8 Å². The van der Waals surface area contributed by atoms with Crippen LogP contribution < -0.4 is 5.32 Å². The van der Waals surface area contributed by atoms with Gasteiger partial charge in [0.1, 0.15) is 5.78 Å². The van der Waals surface area contributed by atoms with Gasteiger partial charge in [-0.15, -0.1) is 0 Å². The summed E-state index contributed by atoms with van der Waals surface area (Å²) in [7, 11) is 0. The van der Waals surface area contributed by atoms with Crippen LogP contribution in [0.3, 0.4) is 0 Å². The maximum absolute atomic E-state index is 11.9. The third-order valence-electron chi connectivity index (χ3n) is 3.62. The second-order valence-corrected chi connectivity index (χ2v) is 5.50. The third-order valence-corrected chi connectivity index (χ3v) is 3.62. The van der Waals surface area contributed by atoms with Crippen LogP contribution in [0, 0.1) is 5.92 Å². The van der Waals surface area contributed by atoms with E-state index in [4.69, 9.17) is 0 Å². The molecule has 0 aromatic rings. The lowest BCUT2D eigenvalue weighted by molar-refractivity contribution is -0.137. The van der Waals surface area contributed by atoms with Gasteiger partial charge in [-0.05, 0) is 12.8 Å². The number of nitrogens with one attached hydrogen (secondary N) is 1. The molecule has 1 N–H and O–H groups in total. The first-order valence-electron chi connectivity index (χ1n) is 7.71. The Morgan fingerprint density at radius 2 is 1.74 bits per heavy atom. The standard InChI is InChI=1S/C16H22N2O5/c1-3-13(20)10-12(16(23)17-11(2)19)6-4-5-9-18-14(21)7-8-15(18)22/h7-8,12H,3-6,9-10H2,1-2H3,(H,17,19,23). The zero-order chi connectivity index (χ0) is 17.4. The molecule has 0 saturated heterocycles. The van der Waals surface area contributed by atoms with Crippen LogP contribution in [0.1, 0.15) is 46.0 Å². The highest BCUT2D eigenvalue weighted by Gasteiger charge is 2.24. The van der Waals surface area contributed by atoms with Gasteiger partial charge < -0.3 is 0 Å². The molecular weight excluding hydrogens is 300 g/mol. The van der Waals surface area contributed by atoms with Crippen LogP contribution in [-0.2, 0) is 24.0 Å². The second kappa shape index (κ2) is 8.97. The highest BCUT2D eigenvalue weighted by molar-refractivity contribution is 6.12. The molecule has 1 aliphatic rings. The minimum atomic E-state index is -0.561. The molecule has 1 atom stereocenters. The van der Waals surface area contributed by atoms with Crippen molar-refractivity contribution < 1.29 is 24.0 Å². The summed E-state index contributed by atoms with van der Waals surface area (Å²) in [6.07, 6.45) is 4.43. The van der Waals surface area contributed by atoms with Gasteiger partial charge in [0, 0.05) is 44.4 Å². The smallest absolute Gasteiger partial charge is 0.253 e. The number of Topliss-reactive ketones (excluding diaryl/α,β-unsaturated/α-hetero) is 1. The fourth-order valence-corrected chi connectivity index (χ4v) is 2.33. The van der Waals surface area contributed by atoms with Crippen molar-refractivity contribution in [3.05, 3.63) is 12.2 Å². The Morgan fingerprint density at radius 1 is 1.13 bits per heavy atom. The largest absolute Gasteiger partial charge is 0.300 e. The first kappa shape index (κ1) is 18.7. The van der Waals surface area contributed by atoms with Crippen molar-refractivity contribution in [3.8, 4) is 0 Å². The second-order valence-electron chi connectivity index (χ2n) is 5.50. The molecule has 0 radical (unpaired) electrons. The van der Waals surface area contributed by atoms with E-state index in [2.05, 4.69) is 5.32 Å². The minimum Gasteiger partial charge on any atom is -0.300 e. The predicted octanol–water partition coefficient (Wildman–Crippen LogP) is 0.730. The van der Waals surface area contributed by atoms with Crippen molar-refractivity contribution in [2.24, 2.45) is 5.92 Å². The minimum absolute atomic E-state index is 0.0391. The predicted molar refractivity (Wildman–Crippen MR) is 81.9 cm³/mol. The summed E-state index contributed by atoms with van der Waals surface area (Å²) in [5, 5.41) is 2.21. The van der Waals surface area contributed by atoms with Crippen molar-refractivity contribution in [2.75, 3.05) is 6.54 Å². The highest BCUT2D eigenvalue weighted by atomic mass is 16.2. The van der Waals surface area contributed by atoms with Gasteiger partial charge in [-0.3, -0.25) is 34.2 Å². The van der Waals surface area contributed by atoms with Crippen LogP contribution in [0.2, 0.25) is 0 Å². The maximum atomic E-state index is 11.9. The summed E-state index contributed by atoms with van der Waals surface area (Å²) in [6, 6.07) is 0. The van der Waals surface area contributed by atoms with Gasteiger partial charge in [-0.25, -0.2) is 0 Å². The zero-order valence-corrected chi connectivity index (χ0v) is 13.5. The van der Waals surface area contributed by atoms with E-state index in [1.807, 2.05) is 0 Å². The Bertz CT molecular complexity index is 521. The fourth-order valence-electron chi connectivity index (χ4n) is 2.33. The van der Waals surface area contributed by atoms with Gasteiger partial charge in [-0.1, -0.05) is 13.3 Å². The van der Waals surface area contributed by atoms with Gasteiger partial charge in [0.2, 0.25) is 11.8 Å². The van der Waals surface area contributed by atoms with Crippen LogP contribution in [0.25, 0.3) is 0 Å². The van der Waals surface area contributed by atoms with Crippen LogP contribution in [0.5, 0.6) is 0 Å². The van der Waals surface area contributed by atoms with Gasteiger partial charge in [-0.2, -0.15) is 0 Å². The molecule has 0 aromatic carbocycles. The van der Waals surface area contributed by atoms with E-state index in [0.29, 0.717) is 25.7 Å². The number of nitrogens with zero attached hydrogens (tertiary/aromatic N) is 1. The highest BCUT2D eigenvalue weighted by Crippen LogP contribution is 2.16. The van der Waals surface area contributed by atoms with Crippen LogP contribution in [-0.4, -0.2) is 40.9 Å². The van der Waals surface area contributed by atoms with Crippen LogP contribution in [0.4, 0.5) is 0 Å². The van der Waals surface area contributed by atoms with E-state index < -0.39 is 17.7 Å². The quantitative estimate of drug-likeness (QED) is 0.498. The lowest BCUT2D eigenvalue weighted by Crippen LogP contribution is -2.35. The molecule has 1 rings (SSSR count). The molecule has 1 unspecified atom stereocenters. The summed E-state index contributed by atoms with van der Waals surface area (Å²) >= 11 is 0. The van der Waals surface area contributed by atoms with Crippen molar-refractivity contribution in [1.82, 2.24) is 10.2 Å². The van der Waals surface area contributed by atoms with Crippen LogP contribution in [0.15, 0.2) is 12.2 Å². The molecule has 126 valence electrons. The van der Waals surface area contributed by atoms with E-state index in [-0.39, 0.29) is 30.6 Å². The van der Waals surface area contributed by atoms with Crippen molar-refractivity contribution >= 4 is 29.4 Å². The summed E-state index contributed by atoms with van der Waals surface area (Å²) in [4.78, 5) is 58.4. The molecule has 7 nitrogen and oxygen atoms in total. The average Bonchev–Trinajstić information content (AvgIpc) is 2.80. The molecule has 0 bridgehead atoms. The van der Waals surface area contributed by atoms with Crippen molar-refractivity contribution in [2.45, 2.75) is 46.0 Å². The summed E-state index contributed by atoms with van der Waals surface area (Å²) < 4.78 is 0. The summed E-state index contributed by atoms with van der Waals surface area (Å²) in [5.74, 6) is -2.17. The molecule has 7 heteroatoms. The van der Waals surface area contributed by atoms with Crippen molar-refractivity contribution in [3.63, 3.8) is 0 Å². The SMILES string of the molecule is CCC(=O)CC(CCCCN1C(=O)C=CC1=O)C(=O)NC(C)=O. The van der Waals surface area contributed by atoms with E-state index >= 15 is 0 Å². The zero-order valence-electron chi connectivity index (χ0n) is 13.5. The molecular formula is C16H22N2O5. The number of amides is 4. The monoisotopic (exact) mass is 322 g/mol. The summed E-state index contributed by atoms with van der Waals surface area (Å²) in [6.45, 7) is 3.25. The maximum Gasteiger partial charge on any atom is 0.253 e. The Kier molecular flexibility index (Phi) is 7.31. The molecule has 0 fully saturated rings. The molecule has 1 heterocycles. The number of ketones is 1. The van der Waals surface area contributed by atoms with E-state index in [0.717, 1.165) is 4.90 Å². The topological polar surface area (TPSA) is 101 Å². The number of carbonyl (C=O) groups is 5. The molecule has 0 spiro atoms. The Balaban J connectivity index is 2.45. The number of carbonyl (C=O) groups excluding carboxylic acids is 5. The lowest BCUT2D eigenvalue weighted by Gasteiger charge is -2.16. The number of imide groups is 2. The first-order valence-corrected chi connectivity index (χ1v) is 7.71. The molecule has 0 aromatic heterocycles. The van der Waals surface area contributed by atoms with Gasteiger partial charge >= 0.3 is 0 Å². The molecule has 0 aliphatic carbocycles.